The van der Waals surface area contributed by atoms with Crippen molar-refractivity contribution in [1.82, 2.24) is 13.6 Å². The number of hydrogen-bond acceptors (Lipinski definition) is 11. The average molecular weight is 1010 g/mol. The molecule has 2 aromatic carbocycles. The minimum Gasteiger partial charge on any atom is -0.491 e. The number of rotatable bonds is 28. The number of thiophene rings is 4. The molecule has 12 heteroatoms. The fourth-order valence-electron chi connectivity index (χ4n) is 9.84. The molecule has 0 radical (unpaired) electrons. The van der Waals surface area contributed by atoms with Crippen molar-refractivity contribution >= 4 is 100 Å². The van der Waals surface area contributed by atoms with Crippen molar-refractivity contribution in [3.8, 4) is 42.1 Å². The van der Waals surface area contributed by atoms with Gasteiger partial charge < -0.3 is 9.47 Å². The fourth-order valence-corrected chi connectivity index (χ4v) is 14.6. The van der Waals surface area contributed by atoms with E-state index in [-0.39, 0.29) is 11.8 Å². The highest BCUT2D eigenvalue weighted by molar-refractivity contribution is 7.27. The summed E-state index contributed by atoms with van der Waals surface area (Å²) in [6, 6.07) is 13.0. The van der Waals surface area contributed by atoms with Crippen molar-refractivity contribution in [1.29, 1.82) is 0 Å². The van der Waals surface area contributed by atoms with Gasteiger partial charge in [0.15, 0.2) is 0 Å². The lowest BCUT2D eigenvalue weighted by Crippen LogP contribution is -2.30. The van der Waals surface area contributed by atoms with Gasteiger partial charge in [0.1, 0.15) is 22.5 Å². The second-order valence-electron chi connectivity index (χ2n) is 19.0. The molecule has 8 rings (SSSR count). The van der Waals surface area contributed by atoms with E-state index in [4.69, 9.17) is 18.2 Å². The Morgan fingerprint density at radius 3 is 1.56 bits per heavy atom. The maximum Gasteiger partial charge on any atom is 0.262 e. The zero-order valence-electron chi connectivity index (χ0n) is 41.5. The van der Waals surface area contributed by atoms with Gasteiger partial charge in [-0.05, 0) is 81.3 Å². The van der Waals surface area contributed by atoms with E-state index in [2.05, 4.69) is 84.9 Å². The Balaban J connectivity index is 1.17. The van der Waals surface area contributed by atoms with Crippen molar-refractivity contribution < 1.29 is 19.1 Å². The molecule has 0 spiro atoms. The number of imide groups is 1. The zero-order valence-corrected chi connectivity index (χ0v) is 45.6. The fraction of sp³-hybridized carbons (Fsp3) is 0.536. The van der Waals surface area contributed by atoms with Crippen LogP contribution >= 0.6 is 57.1 Å². The second kappa shape index (κ2) is 24.0. The van der Waals surface area contributed by atoms with Crippen LogP contribution in [0, 0.1) is 25.7 Å². The molecule has 0 N–H and O–H groups in total. The normalized spacial score (nSPS) is 13.8. The van der Waals surface area contributed by atoms with Gasteiger partial charge in [0.05, 0.1) is 45.5 Å². The van der Waals surface area contributed by atoms with Crippen LogP contribution in [0.4, 0.5) is 0 Å². The van der Waals surface area contributed by atoms with E-state index in [1.165, 1.54) is 80.4 Å². The Labute approximate surface area is 425 Å². The summed E-state index contributed by atoms with van der Waals surface area (Å²) in [5.74, 6) is 2.49. The monoisotopic (exact) mass is 1010 g/mol. The molecule has 7 aromatic rings. The summed E-state index contributed by atoms with van der Waals surface area (Å²) in [6.07, 6.45) is 21.2. The number of ether oxygens (including phenoxy) is 2. The summed E-state index contributed by atoms with van der Waals surface area (Å²) in [4.78, 5) is 37.5. The predicted molar refractivity (Wildman–Crippen MR) is 295 cm³/mol. The molecule has 0 aliphatic carbocycles. The largest absolute Gasteiger partial charge is 0.491 e. The lowest BCUT2D eigenvalue weighted by atomic mass is 9.93. The first-order valence-corrected chi connectivity index (χ1v) is 29.8. The summed E-state index contributed by atoms with van der Waals surface area (Å²) in [5.41, 5.74) is 3.79. The van der Waals surface area contributed by atoms with Crippen LogP contribution in [0.25, 0.3) is 61.8 Å². The molecule has 6 heterocycles. The van der Waals surface area contributed by atoms with Gasteiger partial charge in [0.25, 0.3) is 11.8 Å². The first-order chi connectivity index (χ1) is 33.2. The molecule has 7 nitrogen and oxygen atoms in total. The number of fused-ring (bicyclic) bond motifs is 4. The number of aryl methyl sites for hydroxylation is 2. The number of carbonyl (C=O) groups excluding carboxylic acids is 2. The van der Waals surface area contributed by atoms with E-state index in [1.807, 2.05) is 0 Å². The number of aromatic nitrogens is 2. The highest BCUT2D eigenvalue weighted by Crippen LogP contribution is 2.54. The van der Waals surface area contributed by atoms with E-state index in [0.717, 1.165) is 124 Å². The van der Waals surface area contributed by atoms with Crippen LogP contribution < -0.4 is 9.47 Å². The van der Waals surface area contributed by atoms with Crippen LogP contribution in [0.2, 0.25) is 0 Å². The molecular formula is C56H71N3O4S5. The van der Waals surface area contributed by atoms with Gasteiger partial charge in [0, 0.05) is 57.7 Å². The lowest BCUT2D eigenvalue weighted by molar-refractivity contribution is 0.0652. The zero-order chi connectivity index (χ0) is 47.7. The Morgan fingerprint density at radius 2 is 1.01 bits per heavy atom. The molecule has 68 heavy (non-hydrogen) atoms. The van der Waals surface area contributed by atoms with E-state index in [0.29, 0.717) is 53.8 Å². The van der Waals surface area contributed by atoms with Gasteiger partial charge >= 0.3 is 0 Å². The molecule has 5 aromatic heterocycles. The van der Waals surface area contributed by atoms with E-state index in [1.54, 1.807) is 45.3 Å². The SMILES string of the molecule is CCCCCCCCCCCCN1C(=O)c2c(c(-c3ccc(-c4cc5c(OCC(CC)CCCC)c6sc(C)cc6c(OCC(CC)CCCC)c5s4)s3)c3nsnc3c2-c2ccc(C)s2)C1=O. The molecule has 1 aliphatic heterocycles. The highest BCUT2D eigenvalue weighted by Gasteiger charge is 2.43. The molecule has 2 amide bonds. The van der Waals surface area contributed by atoms with E-state index in [9.17, 15) is 9.59 Å². The molecule has 364 valence electrons. The Kier molecular flexibility index (Phi) is 17.9. The van der Waals surface area contributed by atoms with E-state index >= 15 is 0 Å². The van der Waals surface area contributed by atoms with E-state index < -0.39 is 0 Å². The highest BCUT2D eigenvalue weighted by atomic mass is 32.1. The lowest BCUT2D eigenvalue weighted by Gasteiger charge is -2.19. The maximum absolute atomic E-state index is 14.9. The number of unbranched alkanes of at least 4 members (excludes halogenated alkanes) is 11. The van der Waals surface area contributed by atoms with Gasteiger partial charge in [-0.25, -0.2) is 0 Å². The van der Waals surface area contributed by atoms with Crippen LogP contribution in [-0.4, -0.2) is 45.2 Å². The third-order valence-electron chi connectivity index (χ3n) is 13.9. The molecule has 1 aliphatic rings. The first-order valence-electron chi connectivity index (χ1n) is 25.8. The topological polar surface area (TPSA) is 81.6 Å². The quantitative estimate of drug-likeness (QED) is 0.0359. The van der Waals surface area contributed by atoms with Crippen LogP contribution in [0.15, 0.2) is 36.4 Å². The molecule has 0 saturated carbocycles. The van der Waals surface area contributed by atoms with Gasteiger partial charge in [-0.3, -0.25) is 14.5 Å². The molecule has 2 unspecified atom stereocenters. The minimum atomic E-state index is -0.218. The third-order valence-corrected chi connectivity index (χ3v) is 19.0. The van der Waals surface area contributed by atoms with Crippen molar-refractivity contribution in [2.75, 3.05) is 19.8 Å². The maximum atomic E-state index is 14.9. The van der Waals surface area contributed by atoms with Crippen molar-refractivity contribution in [2.45, 2.75) is 164 Å². The van der Waals surface area contributed by atoms with Gasteiger partial charge in [-0.2, -0.15) is 8.75 Å². The molecule has 0 saturated heterocycles. The second-order valence-corrected chi connectivity index (χ2v) is 24.3. The minimum absolute atomic E-state index is 0.213. The van der Waals surface area contributed by atoms with Crippen molar-refractivity contribution in [3.05, 3.63) is 57.3 Å². The number of nitrogens with zero attached hydrogens (tertiary/aromatic N) is 3. The average Bonchev–Trinajstić information content (AvgIpc) is 4.22. The molecular weight excluding hydrogens is 939 g/mol. The summed E-state index contributed by atoms with van der Waals surface area (Å²) in [5, 5.41) is 2.24. The molecule has 2 atom stereocenters. The van der Waals surface area contributed by atoms with Gasteiger partial charge in [-0.1, -0.05) is 131 Å². The standard InChI is InChI=1S/C56H71N3O4S5/c1-8-13-16-17-18-19-20-21-22-23-30-59-55(60)47-45(42-27-26-35(6)64-42)49-50(58-68-57-49)46(48(47)56(59)61)43-29-28-41(66-43)44-32-40-52(63-34-38(12-5)25-15-10-3)53-39(31-36(7)65-53)51(54(40)67-44)62-33-37(11-4)24-14-9-2/h26-29,31-32,37-38H,8-25,30,33-34H2,1-7H3. The van der Waals surface area contributed by atoms with Crippen molar-refractivity contribution in [3.63, 3.8) is 0 Å². The number of carbonyl (C=O) groups is 2. The van der Waals surface area contributed by atoms with Crippen LogP contribution in [0.3, 0.4) is 0 Å². The van der Waals surface area contributed by atoms with Gasteiger partial charge in [-0.15, -0.1) is 45.3 Å². The van der Waals surface area contributed by atoms with Crippen molar-refractivity contribution in [2.24, 2.45) is 11.8 Å². The number of amides is 2. The summed E-state index contributed by atoms with van der Waals surface area (Å²) in [7, 11) is 0. The van der Waals surface area contributed by atoms with Crippen LogP contribution in [0.1, 0.15) is 181 Å². The Hall–Kier alpha value is -3.68. The summed E-state index contributed by atoms with van der Waals surface area (Å²) in [6.45, 7) is 17.4. The third kappa shape index (κ3) is 10.9. The molecule has 0 bridgehead atoms. The van der Waals surface area contributed by atoms with Gasteiger partial charge in [0.2, 0.25) is 0 Å². The van der Waals surface area contributed by atoms with Crippen LogP contribution in [-0.2, 0) is 0 Å². The molecule has 0 fully saturated rings. The Morgan fingerprint density at radius 1 is 0.515 bits per heavy atom. The number of benzene rings is 2. The predicted octanol–water partition coefficient (Wildman–Crippen LogP) is 18.6. The van der Waals surface area contributed by atoms with Crippen LogP contribution in [0.5, 0.6) is 11.5 Å². The summed E-state index contributed by atoms with van der Waals surface area (Å²) >= 11 is 8.00. The number of hydrogen-bond donors (Lipinski definition) is 0. The first kappa shape index (κ1) is 50.7. The summed E-state index contributed by atoms with van der Waals surface area (Å²) < 4.78 is 26.0. The Bertz CT molecular complexity index is 2730. The smallest absolute Gasteiger partial charge is 0.262 e.